The summed E-state index contributed by atoms with van der Waals surface area (Å²) in [6.07, 6.45) is 3.91. The van der Waals surface area contributed by atoms with Crippen LogP contribution in [0.5, 0.6) is 0 Å². The molecule has 0 spiro atoms. The van der Waals surface area contributed by atoms with Crippen molar-refractivity contribution in [3.05, 3.63) is 28.8 Å². The number of nitrogens with zero attached hydrogens (tertiary/aromatic N) is 2. The lowest BCUT2D eigenvalue weighted by atomic mass is 10.1. The molecule has 0 N–H and O–H groups in total. The van der Waals surface area contributed by atoms with Gasteiger partial charge in [0.2, 0.25) is 0 Å². The summed E-state index contributed by atoms with van der Waals surface area (Å²) in [5.41, 5.74) is 2.41. The Morgan fingerprint density at radius 2 is 2.00 bits per heavy atom. The minimum atomic E-state index is 0.549. The van der Waals surface area contributed by atoms with E-state index in [-0.39, 0.29) is 0 Å². The van der Waals surface area contributed by atoms with Crippen LogP contribution < -0.4 is 4.90 Å². The number of rotatable bonds is 2. The van der Waals surface area contributed by atoms with Crippen molar-refractivity contribution < 1.29 is 0 Å². The van der Waals surface area contributed by atoms with Crippen molar-refractivity contribution in [2.75, 3.05) is 25.0 Å². The Balaban J connectivity index is 1.88. The number of benzene rings is 1. The van der Waals surface area contributed by atoms with Crippen molar-refractivity contribution in [3.8, 4) is 0 Å². The van der Waals surface area contributed by atoms with E-state index in [1.165, 1.54) is 30.5 Å². The van der Waals surface area contributed by atoms with E-state index in [9.17, 15) is 0 Å². The molecular weight excluding hydrogens is 279 g/mol. The molecule has 2 saturated heterocycles. The molecule has 2 aliphatic heterocycles. The molecule has 104 valence electrons. The van der Waals surface area contributed by atoms with Crippen LogP contribution in [0.15, 0.2) is 18.2 Å². The predicted octanol–water partition coefficient (Wildman–Crippen LogP) is 3.75. The second kappa shape index (κ2) is 5.51. The van der Waals surface area contributed by atoms with Gasteiger partial charge in [0.1, 0.15) is 0 Å². The van der Waals surface area contributed by atoms with Gasteiger partial charge < -0.3 is 4.90 Å². The van der Waals surface area contributed by atoms with E-state index in [0.29, 0.717) is 11.9 Å². The van der Waals surface area contributed by atoms with E-state index in [0.717, 1.165) is 24.2 Å². The highest BCUT2D eigenvalue weighted by Crippen LogP contribution is 2.33. The molecule has 1 aromatic carbocycles. The molecule has 2 unspecified atom stereocenters. The van der Waals surface area contributed by atoms with Gasteiger partial charge in [-0.05, 0) is 44.0 Å². The number of hydrogen-bond donors (Lipinski definition) is 0. The normalized spacial score (nSPS) is 27.6. The Morgan fingerprint density at radius 3 is 2.79 bits per heavy atom. The number of alkyl halides is 1. The maximum Gasteiger partial charge on any atom is 0.0494 e. The maximum atomic E-state index is 6.16. The first kappa shape index (κ1) is 13.5. The third-order valence-corrected chi connectivity index (χ3v) is 5.20. The zero-order valence-corrected chi connectivity index (χ0v) is 12.8. The second-order valence-electron chi connectivity index (χ2n) is 5.69. The molecular formula is C15H20Cl2N2. The Bertz CT molecular complexity index is 463. The van der Waals surface area contributed by atoms with Crippen molar-refractivity contribution in [1.82, 2.24) is 4.90 Å². The molecule has 0 radical (unpaired) electrons. The number of fused-ring (bicyclic) bond motifs is 2. The fourth-order valence-corrected chi connectivity index (χ4v) is 3.86. The van der Waals surface area contributed by atoms with Gasteiger partial charge >= 0.3 is 0 Å². The lowest BCUT2D eigenvalue weighted by molar-refractivity contribution is 0.254. The lowest BCUT2D eigenvalue weighted by Crippen LogP contribution is -2.36. The molecule has 3 rings (SSSR count). The van der Waals surface area contributed by atoms with Crippen molar-refractivity contribution in [2.45, 2.75) is 37.2 Å². The zero-order valence-electron chi connectivity index (χ0n) is 11.3. The van der Waals surface area contributed by atoms with Gasteiger partial charge in [-0.15, -0.1) is 11.6 Å². The largest absolute Gasteiger partial charge is 0.370 e. The van der Waals surface area contributed by atoms with E-state index in [2.05, 4.69) is 29.0 Å². The van der Waals surface area contributed by atoms with Gasteiger partial charge in [-0.3, -0.25) is 4.90 Å². The molecule has 2 bridgehead atoms. The van der Waals surface area contributed by atoms with Crippen molar-refractivity contribution in [3.63, 3.8) is 0 Å². The van der Waals surface area contributed by atoms with Crippen molar-refractivity contribution in [2.24, 2.45) is 0 Å². The maximum absolute atomic E-state index is 6.16. The molecule has 2 nitrogen and oxygen atoms in total. The molecule has 0 aliphatic carbocycles. The minimum Gasteiger partial charge on any atom is -0.370 e. The molecule has 0 saturated carbocycles. The van der Waals surface area contributed by atoms with Gasteiger partial charge in [-0.25, -0.2) is 0 Å². The third kappa shape index (κ3) is 2.58. The number of halogens is 2. The summed E-state index contributed by atoms with van der Waals surface area (Å²) < 4.78 is 0. The minimum absolute atomic E-state index is 0.549. The van der Waals surface area contributed by atoms with E-state index >= 15 is 0 Å². The fraction of sp³-hybridized carbons (Fsp3) is 0.600. The van der Waals surface area contributed by atoms with E-state index in [1.807, 2.05) is 6.07 Å². The highest BCUT2D eigenvalue weighted by Gasteiger charge is 2.35. The van der Waals surface area contributed by atoms with Gasteiger partial charge in [-0.1, -0.05) is 17.7 Å². The van der Waals surface area contributed by atoms with Crippen LogP contribution >= 0.6 is 23.2 Å². The third-order valence-electron chi connectivity index (χ3n) is 4.68. The summed E-state index contributed by atoms with van der Waals surface area (Å²) in [6, 6.07) is 7.48. The molecule has 0 amide bonds. The fourth-order valence-electron chi connectivity index (χ4n) is 3.47. The molecule has 19 heavy (non-hydrogen) atoms. The van der Waals surface area contributed by atoms with Crippen molar-refractivity contribution in [1.29, 1.82) is 0 Å². The summed E-state index contributed by atoms with van der Waals surface area (Å²) >= 11 is 12.2. The summed E-state index contributed by atoms with van der Waals surface area (Å²) in [5, 5.41) is 0.798. The Morgan fingerprint density at radius 1 is 1.21 bits per heavy atom. The average molecular weight is 299 g/mol. The number of anilines is 1. The lowest BCUT2D eigenvalue weighted by Gasteiger charge is -2.29. The van der Waals surface area contributed by atoms with Crippen LogP contribution in [0.25, 0.3) is 0 Å². The molecule has 2 atom stereocenters. The Hall–Kier alpha value is -0.440. The predicted molar refractivity (Wildman–Crippen MR) is 82.4 cm³/mol. The molecule has 2 fully saturated rings. The van der Waals surface area contributed by atoms with Crippen LogP contribution in [0.4, 0.5) is 5.69 Å². The Labute approximate surface area is 125 Å². The molecule has 4 heteroatoms. The first-order chi connectivity index (χ1) is 9.19. The summed E-state index contributed by atoms with van der Waals surface area (Å²) in [6.45, 7) is 2.20. The highest BCUT2D eigenvalue weighted by molar-refractivity contribution is 6.31. The highest BCUT2D eigenvalue weighted by atomic mass is 35.5. The first-order valence-electron chi connectivity index (χ1n) is 7.00. The summed E-state index contributed by atoms with van der Waals surface area (Å²) in [4.78, 5) is 5.04. The molecule has 2 aliphatic rings. The zero-order chi connectivity index (χ0) is 13.4. The van der Waals surface area contributed by atoms with Crippen LogP contribution in [-0.2, 0) is 5.88 Å². The van der Waals surface area contributed by atoms with Crippen LogP contribution in [0, 0.1) is 0 Å². The Kier molecular flexibility index (Phi) is 3.93. The quantitative estimate of drug-likeness (QED) is 0.767. The number of likely N-dealkylation sites (N-methyl/N-ethyl adjacent to an activating group) is 1. The number of hydrogen-bond acceptors (Lipinski definition) is 2. The van der Waals surface area contributed by atoms with Gasteiger partial charge in [0.05, 0.1) is 0 Å². The smallest absolute Gasteiger partial charge is 0.0494 e. The van der Waals surface area contributed by atoms with Gasteiger partial charge in [-0.2, -0.15) is 0 Å². The standard InChI is InChI=1S/C15H20Cl2N2/c1-18-13-4-5-14(18)10-19(7-6-13)15-8-12(17)3-2-11(15)9-16/h2-3,8,13-14H,4-7,9-10H2,1H3. The first-order valence-corrected chi connectivity index (χ1v) is 7.91. The molecule has 1 aromatic rings. The summed E-state index contributed by atoms with van der Waals surface area (Å²) in [7, 11) is 2.27. The van der Waals surface area contributed by atoms with Gasteiger partial charge in [0.25, 0.3) is 0 Å². The monoisotopic (exact) mass is 298 g/mol. The topological polar surface area (TPSA) is 6.48 Å². The molecule has 2 heterocycles. The van der Waals surface area contributed by atoms with E-state index < -0.39 is 0 Å². The van der Waals surface area contributed by atoms with E-state index in [1.54, 1.807) is 0 Å². The van der Waals surface area contributed by atoms with Crippen LogP contribution in [0.1, 0.15) is 24.8 Å². The van der Waals surface area contributed by atoms with Crippen molar-refractivity contribution >= 4 is 28.9 Å². The average Bonchev–Trinajstić information content (AvgIpc) is 2.63. The van der Waals surface area contributed by atoms with Crippen LogP contribution in [0.3, 0.4) is 0 Å². The molecule has 0 aromatic heterocycles. The van der Waals surface area contributed by atoms with Gasteiger partial charge in [0.15, 0.2) is 0 Å². The van der Waals surface area contributed by atoms with Crippen LogP contribution in [-0.4, -0.2) is 37.1 Å². The van der Waals surface area contributed by atoms with Crippen LogP contribution in [0.2, 0.25) is 5.02 Å². The SMILES string of the molecule is CN1C2CCC1CN(c1cc(Cl)ccc1CCl)CC2. The second-order valence-corrected chi connectivity index (χ2v) is 6.40. The van der Waals surface area contributed by atoms with E-state index in [4.69, 9.17) is 23.2 Å². The van der Waals surface area contributed by atoms with Gasteiger partial charge in [0, 0.05) is 41.8 Å². The summed E-state index contributed by atoms with van der Waals surface area (Å²) in [5.74, 6) is 0.549.